The van der Waals surface area contributed by atoms with Gasteiger partial charge in [0.2, 0.25) is 0 Å². The van der Waals surface area contributed by atoms with Crippen molar-refractivity contribution >= 4 is 5.97 Å². The molecule has 0 saturated heterocycles. The highest BCUT2D eigenvalue weighted by molar-refractivity contribution is 5.89. The number of ether oxygens (including phenoxy) is 1. The van der Waals surface area contributed by atoms with Crippen LogP contribution in [-0.4, -0.2) is 23.8 Å². The summed E-state index contributed by atoms with van der Waals surface area (Å²) in [6, 6.07) is 0. The van der Waals surface area contributed by atoms with Crippen molar-refractivity contribution in [1.82, 2.24) is 0 Å². The van der Waals surface area contributed by atoms with E-state index in [1.807, 2.05) is 0 Å². The Bertz CT molecular complexity index is 220. The third-order valence-electron chi connectivity index (χ3n) is 2.24. The van der Waals surface area contributed by atoms with Crippen LogP contribution in [-0.2, 0) is 9.53 Å². The molecule has 0 bridgehead atoms. The minimum Gasteiger partial charge on any atom is -0.463 e. The second kappa shape index (κ2) is 4.42. The third kappa shape index (κ3) is 2.56. The minimum absolute atomic E-state index is 0.360. The fourth-order valence-corrected chi connectivity index (χ4v) is 1.50. The topological polar surface area (TPSA) is 46.5 Å². The average molecular weight is 184 g/mol. The molecule has 3 nitrogen and oxygen atoms in total. The first kappa shape index (κ1) is 10.3. The summed E-state index contributed by atoms with van der Waals surface area (Å²) < 4.78 is 4.82. The fourth-order valence-electron chi connectivity index (χ4n) is 1.50. The van der Waals surface area contributed by atoms with Crippen LogP contribution in [0.15, 0.2) is 11.6 Å². The molecule has 0 amide bonds. The molecule has 0 spiro atoms. The first-order chi connectivity index (χ1) is 6.15. The SMILES string of the molecule is CCOC(=O)C1=CC[C@@H](C)C[C@@H]1O. The van der Waals surface area contributed by atoms with Crippen molar-refractivity contribution in [3.63, 3.8) is 0 Å². The summed E-state index contributed by atoms with van der Waals surface area (Å²) in [5.74, 6) is 0.0788. The van der Waals surface area contributed by atoms with Gasteiger partial charge in [-0.3, -0.25) is 0 Å². The predicted molar refractivity (Wildman–Crippen MR) is 49.1 cm³/mol. The van der Waals surface area contributed by atoms with Gasteiger partial charge in [-0.15, -0.1) is 0 Å². The van der Waals surface area contributed by atoms with E-state index < -0.39 is 6.10 Å². The molecular formula is C10H16O3. The van der Waals surface area contributed by atoms with Gasteiger partial charge in [0, 0.05) is 0 Å². The zero-order valence-electron chi connectivity index (χ0n) is 8.12. The zero-order chi connectivity index (χ0) is 9.84. The lowest BCUT2D eigenvalue weighted by Crippen LogP contribution is -2.25. The molecule has 0 aromatic carbocycles. The molecule has 1 aliphatic carbocycles. The highest BCUT2D eigenvalue weighted by atomic mass is 16.5. The number of aliphatic hydroxyl groups excluding tert-OH is 1. The Balaban J connectivity index is 2.63. The number of carbonyl (C=O) groups is 1. The lowest BCUT2D eigenvalue weighted by atomic mass is 9.89. The summed E-state index contributed by atoms with van der Waals surface area (Å²) in [5, 5.41) is 9.57. The van der Waals surface area contributed by atoms with Crippen LogP contribution >= 0.6 is 0 Å². The molecule has 0 saturated carbocycles. The van der Waals surface area contributed by atoms with Gasteiger partial charge in [-0.1, -0.05) is 13.0 Å². The molecule has 0 radical (unpaired) electrons. The van der Waals surface area contributed by atoms with Gasteiger partial charge in [0.1, 0.15) is 0 Å². The first-order valence-corrected chi connectivity index (χ1v) is 4.70. The molecule has 0 aromatic rings. The van der Waals surface area contributed by atoms with E-state index in [4.69, 9.17) is 4.74 Å². The Labute approximate surface area is 78.4 Å². The van der Waals surface area contributed by atoms with Gasteiger partial charge < -0.3 is 9.84 Å². The predicted octanol–water partition coefficient (Wildman–Crippen LogP) is 1.27. The molecule has 3 heteroatoms. The number of hydrogen-bond donors (Lipinski definition) is 1. The van der Waals surface area contributed by atoms with Crippen molar-refractivity contribution in [2.24, 2.45) is 5.92 Å². The van der Waals surface area contributed by atoms with Gasteiger partial charge in [0.15, 0.2) is 0 Å². The third-order valence-corrected chi connectivity index (χ3v) is 2.24. The van der Waals surface area contributed by atoms with E-state index >= 15 is 0 Å². The monoisotopic (exact) mass is 184 g/mol. The molecule has 13 heavy (non-hydrogen) atoms. The van der Waals surface area contributed by atoms with E-state index in [1.54, 1.807) is 13.0 Å². The number of carbonyl (C=O) groups excluding carboxylic acids is 1. The zero-order valence-corrected chi connectivity index (χ0v) is 8.12. The quantitative estimate of drug-likeness (QED) is 0.657. The second-order valence-corrected chi connectivity index (χ2v) is 3.47. The van der Waals surface area contributed by atoms with E-state index in [0.29, 0.717) is 24.5 Å². The minimum atomic E-state index is -0.636. The number of hydrogen-bond acceptors (Lipinski definition) is 3. The second-order valence-electron chi connectivity index (χ2n) is 3.47. The molecular weight excluding hydrogens is 168 g/mol. The van der Waals surface area contributed by atoms with Crippen molar-refractivity contribution in [2.75, 3.05) is 6.61 Å². The van der Waals surface area contributed by atoms with Crippen molar-refractivity contribution in [1.29, 1.82) is 0 Å². The van der Waals surface area contributed by atoms with E-state index in [9.17, 15) is 9.90 Å². The maximum Gasteiger partial charge on any atom is 0.336 e. The first-order valence-electron chi connectivity index (χ1n) is 4.70. The Morgan fingerprint density at radius 3 is 3.00 bits per heavy atom. The van der Waals surface area contributed by atoms with Crippen molar-refractivity contribution in [3.05, 3.63) is 11.6 Å². The summed E-state index contributed by atoms with van der Waals surface area (Å²) in [6.45, 7) is 4.18. The molecule has 1 N–H and O–H groups in total. The van der Waals surface area contributed by atoms with Gasteiger partial charge in [-0.2, -0.15) is 0 Å². The maximum absolute atomic E-state index is 11.3. The van der Waals surface area contributed by atoms with E-state index in [1.165, 1.54) is 0 Å². The van der Waals surface area contributed by atoms with E-state index in [2.05, 4.69) is 6.92 Å². The van der Waals surface area contributed by atoms with Crippen molar-refractivity contribution in [3.8, 4) is 0 Å². The Morgan fingerprint density at radius 1 is 1.77 bits per heavy atom. The van der Waals surface area contributed by atoms with Gasteiger partial charge in [-0.25, -0.2) is 4.79 Å². The Morgan fingerprint density at radius 2 is 2.46 bits per heavy atom. The molecule has 0 unspecified atom stereocenters. The van der Waals surface area contributed by atoms with Crippen LogP contribution in [0.2, 0.25) is 0 Å². The van der Waals surface area contributed by atoms with Crippen molar-refractivity contribution < 1.29 is 14.6 Å². The molecule has 0 fully saturated rings. The lowest BCUT2D eigenvalue weighted by Gasteiger charge is -2.22. The van der Waals surface area contributed by atoms with Gasteiger partial charge >= 0.3 is 5.97 Å². The standard InChI is InChI=1S/C10H16O3/c1-3-13-10(12)8-5-4-7(2)6-9(8)11/h5,7,9,11H,3-4,6H2,1-2H3/t7-,9+/m1/s1. The van der Waals surface area contributed by atoms with Crippen LogP contribution in [0.5, 0.6) is 0 Å². The molecule has 0 aliphatic heterocycles. The summed E-state index contributed by atoms with van der Waals surface area (Å²) >= 11 is 0. The largest absolute Gasteiger partial charge is 0.463 e. The number of aliphatic hydroxyl groups is 1. The molecule has 0 aromatic heterocycles. The van der Waals surface area contributed by atoms with E-state index in [-0.39, 0.29) is 5.97 Å². The summed E-state index contributed by atoms with van der Waals surface area (Å²) in [7, 11) is 0. The van der Waals surface area contributed by atoms with Crippen LogP contribution in [0.1, 0.15) is 26.7 Å². The molecule has 2 atom stereocenters. The molecule has 0 heterocycles. The maximum atomic E-state index is 11.3. The average Bonchev–Trinajstić information content (AvgIpc) is 2.04. The molecule has 1 rings (SSSR count). The Hall–Kier alpha value is -0.830. The van der Waals surface area contributed by atoms with Crippen LogP contribution in [0.4, 0.5) is 0 Å². The highest BCUT2D eigenvalue weighted by Gasteiger charge is 2.25. The lowest BCUT2D eigenvalue weighted by molar-refractivity contribution is -0.139. The smallest absolute Gasteiger partial charge is 0.336 e. The van der Waals surface area contributed by atoms with Crippen LogP contribution < -0.4 is 0 Å². The van der Waals surface area contributed by atoms with Gasteiger partial charge in [0.05, 0.1) is 18.3 Å². The van der Waals surface area contributed by atoms with E-state index in [0.717, 1.165) is 6.42 Å². The number of esters is 1. The number of rotatable bonds is 2. The number of allylic oxidation sites excluding steroid dienone is 1. The van der Waals surface area contributed by atoms with Crippen LogP contribution in [0, 0.1) is 5.92 Å². The fraction of sp³-hybridized carbons (Fsp3) is 0.700. The van der Waals surface area contributed by atoms with Crippen molar-refractivity contribution in [2.45, 2.75) is 32.8 Å². The van der Waals surface area contributed by atoms with Gasteiger partial charge in [-0.05, 0) is 25.7 Å². The summed E-state index contributed by atoms with van der Waals surface area (Å²) in [4.78, 5) is 11.3. The molecule has 74 valence electrons. The van der Waals surface area contributed by atoms with Gasteiger partial charge in [0.25, 0.3) is 0 Å². The summed E-state index contributed by atoms with van der Waals surface area (Å²) in [6.07, 6.45) is 2.66. The Kier molecular flexibility index (Phi) is 3.48. The summed E-state index contributed by atoms with van der Waals surface area (Å²) in [5.41, 5.74) is 0.431. The molecule has 1 aliphatic rings. The van der Waals surface area contributed by atoms with Crippen LogP contribution in [0.3, 0.4) is 0 Å². The highest BCUT2D eigenvalue weighted by Crippen LogP contribution is 2.24. The van der Waals surface area contributed by atoms with Crippen LogP contribution in [0.25, 0.3) is 0 Å². The normalized spacial score (nSPS) is 28.1.